The van der Waals surface area contributed by atoms with Crippen LogP contribution in [0.15, 0.2) is 66.3 Å². The molecule has 134 valence electrons. The molecule has 0 fully saturated rings. The number of nitrogens with one attached hydrogen (secondary N) is 1. The molecule has 0 atom stereocenters. The fraction of sp³-hybridized carbons (Fsp3) is 0.100. The van der Waals surface area contributed by atoms with E-state index in [-0.39, 0.29) is 5.91 Å². The van der Waals surface area contributed by atoms with Crippen LogP contribution in [0.4, 0.5) is 5.95 Å². The molecule has 0 unspecified atom stereocenters. The van der Waals surface area contributed by atoms with Crippen molar-refractivity contribution >= 4 is 23.2 Å². The van der Waals surface area contributed by atoms with Gasteiger partial charge in [-0.1, -0.05) is 23.8 Å². The Kier molecular flexibility index (Phi) is 4.76. The zero-order valence-electron chi connectivity index (χ0n) is 14.7. The number of aryl methyl sites for hydroxylation is 1. The highest BCUT2D eigenvalue weighted by Crippen LogP contribution is 2.19. The first-order valence-electron chi connectivity index (χ1n) is 8.46. The lowest BCUT2D eigenvalue weighted by atomic mass is 10.1. The molecular formula is C20H17N5OS. The normalized spacial score (nSPS) is 10.7. The molecule has 4 rings (SSSR count). The van der Waals surface area contributed by atoms with Crippen LogP contribution in [0.2, 0.25) is 0 Å². The van der Waals surface area contributed by atoms with Gasteiger partial charge in [-0.05, 0) is 42.6 Å². The Morgan fingerprint density at radius 3 is 2.70 bits per heavy atom. The molecule has 6 nitrogen and oxygen atoms in total. The van der Waals surface area contributed by atoms with Crippen LogP contribution in [0.3, 0.4) is 0 Å². The van der Waals surface area contributed by atoms with E-state index in [0.29, 0.717) is 23.9 Å². The highest BCUT2D eigenvalue weighted by Gasteiger charge is 2.18. The number of hydrogen-bond acceptors (Lipinski definition) is 6. The minimum absolute atomic E-state index is 0.230. The van der Waals surface area contributed by atoms with E-state index in [1.165, 1.54) is 4.68 Å². The summed E-state index contributed by atoms with van der Waals surface area (Å²) in [6.07, 6.45) is 3.37. The van der Waals surface area contributed by atoms with E-state index in [2.05, 4.69) is 20.4 Å². The van der Waals surface area contributed by atoms with Crippen LogP contribution in [-0.2, 0) is 6.54 Å². The molecule has 4 aromatic rings. The molecule has 7 heteroatoms. The highest BCUT2D eigenvalue weighted by atomic mass is 32.1. The molecule has 3 heterocycles. The number of hydrogen-bond donors (Lipinski definition) is 1. The van der Waals surface area contributed by atoms with Gasteiger partial charge in [-0.25, -0.2) is 0 Å². The van der Waals surface area contributed by atoms with E-state index >= 15 is 0 Å². The second kappa shape index (κ2) is 7.51. The monoisotopic (exact) mass is 375 g/mol. The lowest BCUT2D eigenvalue weighted by molar-refractivity contribution is 0.0947. The Morgan fingerprint density at radius 2 is 2.00 bits per heavy atom. The number of pyridine rings is 1. The number of rotatable bonds is 5. The number of benzene rings is 1. The Bertz CT molecular complexity index is 1040. The first kappa shape index (κ1) is 17.1. The molecule has 0 radical (unpaired) electrons. The summed E-state index contributed by atoms with van der Waals surface area (Å²) in [5.41, 5.74) is 2.41. The van der Waals surface area contributed by atoms with Crippen LogP contribution < -0.4 is 5.32 Å². The molecule has 0 spiro atoms. The van der Waals surface area contributed by atoms with Crippen LogP contribution in [0.5, 0.6) is 0 Å². The molecular weight excluding hydrogens is 358 g/mol. The predicted octanol–water partition coefficient (Wildman–Crippen LogP) is 4.01. The van der Waals surface area contributed by atoms with Gasteiger partial charge in [0.2, 0.25) is 5.95 Å². The molecule has 0 bridgehead atoms. The van der Waals surface area contributed by atoms with Crippen molar-refractivity contribution in [2.75, 3.05) is 5.32 Å². The fourth-order valence-corrected chi connectivity index (χ4v) is 3.23. The molecule has 1 aromatic carbocycles. The molecule has 0 aliphatic heterocycles. The topological polar surface area (TPSA) is 72.7 Å². The molecule has 0 aliphatic rings. The molecule has 3 aromatic heterocycles. The average molecular weight is 375 g/mol. The maximum absolute atomic E-state index is 13.0. The van der Waals surface area contributed by atoms with Crippen molar-refractivity contribution in [3.63, 3.8) is 0 Å². The van der Waals surface area contributed by atoms with E-state index in [0.717, 1.165) is 16.0 Å². The van der Waals surface area contributed by atoms with Crippen molar-refractivity contribution in [2.24, 2.45) is 0 Å². The van der Waals surface area contributed by atoms with Gasteiger partial charge in [-0.15, -0.1) is 16.4 Å². The summed E-state index contributed by atoms with van der Waals surface area (Å²) in [5, 5.41) is 9.68. The van der Waals surface area contributed by atoms with E-state index in [1.54, 1.807) is 35.9 Å². The van der Waals surface area contributed by atoms with Crippen molar-refractivity contribution in [1.82, 2.24) is 19.7 Å². The molecule has 0 amide bonds. The number of carbonyl (C=O) groups is 1. The summed E-state index contributed by atoms with van der Waals surface area (Å²) in [6.45, 7) is 2.56. The quantitative estimate of drug-likeness (QED) is 0.571. The summed E-state index contributed by atoms with van der Waals surface area (Å²) < 4.78 is 1.32. The van der Waals surface area contributed by atoms with Crippen molar-refractivity contribution in [3.05, 3.63) is 82.3 Å². The van der Waals surface area contributed by atoms with Gasteiger partial charge in [0, 0.05) is 28.4 Å². The Balaban J connectivity index is 1.69. The summed E-state index contributed by atoms with van der Waals surface area (Å²) in [5.74, 6) is 0.636. The second-order valence-corrected chi connectivity index (χ2v) is 7.05. The van der Waals surface area contributed by atoms with E-state index in [1.807, 2.05) is 48.7 Å². The third-order valence-corrected chi connectivity index (χ3v) is 4.89. The highest BCUT2D eigenvalue weighted by molar-refractivity contribution is 7.09. The molecule has 0 saturated carbocycles. The van der Waals surface area contributed by atoms with Crippen molar-refractivity contribution in [3.8, 4) is 11.4 Å². The van der Waals surface area contributed by atoms with Crippen molar-refractivity contribution in [1.29, 1.82) is 0 Å². The SMILES string of the molecule is Cc1ccc(C(=O)n2nc(-c3cccnc3)nc2NCc2cccs2)cc1. The standard InChI is InChI=1S/C20H17N5OS/c1-14-6-8-15(9-7-14)19(26)25-20(22-13-17-5-3-11-27-17)23-18(24-25)16-4-2-10-21-12-16/h2-12H,13H2,1H3,(H,22,23,24). The zero-order valence-corrected chi connectivity index (χ0v) is 15.5. The maximum atomic E-state index is 13.0. The smallest absolute Gasteiger partial charge is 0.281 e. The molecule has 0 aliphatic carbocycles. The first-order valence-corrected chi connectivity index (χ1v) is 9.34. The number of carbonyl (C=O) groups excluding carboxylic acids is 1. The van der Waals surface area contributed by atoms with Gasteiger partial charge in [0.25, 0.3) is 5.91 Å². The van der Waals surface area contributed by atoms with Crippen molar-refractivity contribution in [2.45, 2.75) is 13.5 Å². The third kappa shape index (κ3) is 3.78. The van der Waals surface area contributed by atoms with Gasteiger partial charge in [0.15, 0.2) is 5.82 Å². The Labute approximate surface area is 160 Å². The Hall–Kier alpha value is -3.32. The van der Waals surface area contributed by atoms with E-state index in [9.17, 15) is 4.79 Å². The van der Waals surface area contributed by atoms with Crippen LogP contribution >= 0.6 is 11.3 Å². The largest absolute Gasteiger partial charge is 0.349 e. The number of aromatic nitrogens is 4. The van der Waals surface area contributed by atoms with Crippen LogP contribution in [-0.4, -0.2) is 25.7 Å². The number of thiophene rings is 1. The average Bonchev–Trinajstić information content (AvgIpc) is 3.37. The lowest BCUT2D eigenvalue weighted by Crippen LogP contribution is -2.17. The van der Waals surface area contributed by atoms with Gasteiger partial charge in [0.05, 0.1) is 6.54 Å². The minimum Gasteiger partial charge on any atom is -0.349 e. The molecule has 1 N–H and O–H groups in total. The number of nitrogens with zero attached hydrogens (tertiary/aromatic N) is 4. The van der Waals surface area contributed by atoms with Gasteiger partial charge in [0.1, 0.15) is 0 Å². The van der Waals surface area contributed by atoms with Crippen molar-refractivity contribution < 1.29 is 4.79 Å². The van der Waals surface area contributed by atoms with Gasteiger partial charge < -0.3 is 5.32 Å². The Morgan fingerprint density at radius 1 is 1.15 bits per heavy atom. The van der Waals surface area contributed by atoms with Crippen LogP contribution in [0.25, 0.3) is 11.4 Å². The van der Waals surface area contributed by atoms with Crippen LogP contribution in [0.1, 0.15) is 20.8 Å². The maximum Gasteiger partial charge on any atom is 0.281 e. The lowest BCUT2D eigenvalue weighted by Gasteiger charge is -2.06. The summed E-state index contributed by atoms with van der Waals surface area (Å²) in [7, 11) is 0. The third-order valence-electron chi connectivity index (χ3n) is 4.02. The summed E-state index contributed by atoms with van der Waals surface area (Å²) in [4.78, 5) is 22.8. The molecule has 27 heavy (non-hydrogen) atoms. The first-order chi connectivity index (χ1) is 13.2. The van der Waals surface area contributed by atoms with Gasteiger partial charge >= 0.3 is 0 Å². The fourth-order valence-electron chi connectivity index (χ4n) is 2.58. The van der Waals surface area contributed by atoms with E-state index < -0.39 is 0 Å². The molecule has 0 saturated heterocycles. The minimum atomic E-state index is -0.230. The summed E-state index contributed by atoms with van der Waals surface area (Å²) >= 11 is 1.64. The van der Waals surface area contributed by atoms with Crippen LogP contribution in [0, 0.1) is 6.92 Å². The summed E-state index contributed by atoms with van der Waals surface area (Å²) in [6, 6.07) is 15.1. The number of anilines is 1. The van der Waals surface area contributed by atoms with Gasteiger partial charge in [-0.3, -0.25) is 9.78 Å². The van der Waals surface area contributed by atoms with Gasteiger partial charge in [-0.2, -0.15) is 9.67 Å². The zero-order chi connectivity index (χ0) is 18.6. The predicted molar refractivity (Wildman–Crippen MR) is 106 cm³/mol. The van der Waals surface area contributed by atoms with E-state index in [4.69, 9.17) is 0 Å². The second-order valence-electron chi connectivity index (χ2n) is 6.02.